The summed E-state index contributed by atoms with van der Waals surface area (Å²) in [6.07, 6.45) is -0.906. The van der Waals surface area contributed by atoms with Crippen molar-refractivity contribution in [1.82, 2.24) is 0 Å². The molecular formula is C18H16Cl2O3. The van der Waals surface area contributed by atoms with Crippen LogP contribution in [0.4, 0.5) is 0 Å². The Hall–Kier alpha value is -1.84. The van der Waals surface area contributed by atoms with Gasteiger partial charge in [0.2, 0.25) is 5.78 Å². The largest absolute Gasteiger partial charge is 0.451 e. The van der Waals surface area contributed by atoms with Gasteiger partial charge in [0.15, 0.2) is 6.10 Å². The highest BCUT2D eigenvalue weighted by Gasteiger charge is 2.22. The summed E-state index contributed by atoms with van der Waals surface area (Å²) in [5.41, 5.74) is 2.79. The molecule has 0 bridgehead atoms. The highest BCUT2D eigenvalue weighted by atomic mass is 35.5. The van der Waals surface area contributed by atoms with Crippen LogP contribution in [0.2, 0.25) is 10.0 Å². The number of carbonyl (C=O) groups excluding carboxylic acids is 2. The molecule has 0 aliphatic rings. The van der Waals surface area contributed by atoms with Gasteiger partial charge in [0.25, 0.3) is 0 Å². The lowest BCUT2D eigenvalue weighted by atomic mass is 10.0. The Morgan fingerprint density at radius 3 is 2.30 bits per heavy atom. The van der Waals surface area contributed by atoms with Gasteiger partial charge in [0, 0.05) is 10.6 Å². The van der Waals surface area contributed by atoms with E-state index in [4.69, 9.17) is 27.9 Å². The van der Waals surface area contributed by atoms with E-state index in [1.54, 1.807) is 25.1 Å². The third-order valence-corrected chi connectivity index (χ3v) is 4.14. The van der Waals surface area contributed by atoms with Crippen LogP contribution in [-0.2, 0) is 4.74 Å². The van der Waals surface area contributed by atoms with Crippen LogP contribution in [0.1, 0.15) is 38.8 Å². The second-order valence-electron chi connectivity index (χ2n) is 5.33. The van der Waals surface area contributed by atoms with Gasteiger partial charge in [-0.05, 0) is 56.2 Å². The molecule has 0 aromatic heterocycles. The number of Topliss-reactive ketones (excluding diaryl/α,β-unsaturated/α-hetero) is 1. The fraction of sp³-hybridized carbons (Fsp3) is 0.222. The van der Waals surface area contributed by atoms with Crippen LogP contribution in [0, 0.1) is 13.8 Å². The van der Waals surface area contributed by atoms with Gasteiger partial charge in [-0.3, -0.25) is 4.79 Å². The molecule has 23 heavy (non-hydrogen) atoms. The number of aryl methyl sites for hydroxylation is 2. The molecule has 0 heterocycles. The number of esters is 1. The molecule has 120 valence electrons. The van der Waals surface area contributed by atoms with Crippen molar-refractivity contribution in [3.05, 3.63) is 68.7 Å². The van der Waals surface area contributed by atoms with Crippen LogP contribution in [0.5, 0.6) is 0 Å². The minimum Gasteiger partial charge on any atom is -0.451 e. The Morgan fingerprint density at radius 1 is 1.00 bits per heavy atom. The average molecular weight is 351 g/mol. The predicted molar refractivity (Wildman–Crippen MR) is 91.6 cm³/mol. The maximum Gasteiger partial charge on any atom is 0.340 e. The third kappa shape index (κ3) is 4.12. The van der Waals surface area contributed by atoms with E-state index in [0.717, 1.165) is 11.1 Å². The first-order valence-electron chi connectivity index (χ1n) is 7.07. The lowest BCUT2D eigenvalue weighted by molar-refractivity contribution is 0.0319. The summed E-state index contributed by atoms with van der Waals surface area (Å²) < 4.78 is 5.23. The zero-order valence-corrected chi connectivity index (χ0v) is 14.5. The van der Waals surface area contributed by atoms with Crippen LogP contribution in [0.15, 0.2) is 36.4 Å². The van der Waals surface area contributed by atoms with Gasteiger partial charge in [0.1, 0.15) is 0 Å². The summed E-state index contributed by atoms with van der Waals surface area (Å²) in [7, 11) is 0. The van der Waals surface area contributed by atoms with Crippen LogP contribution in [0.3, 0.4) is 0 Å². The first-order valence-corrected chi connectivity index (χ1v) is 7.82. The summed E-state index contributed by atoms with van der Waals surface area (Å²) in [4.78, 5) is 24.5. The molecule has 0 spiro atoms. The number of rotatable bonds is 4. The zero-order chi connectivity index (χ0) is 17.1. The molecule has 0 aliphatic heterocycles. The van der Waals surface area contributed by atoms with Gasteiger partial charge < -0.3 is 4.74 Å². The van der Waals surface area contributed by atoms with E-state index in [2.05, 4.69) is 0 Å². The SMILES string of the molecule is Cc1ccc(C(=O)[C@H](C)OC(=O)c2ccc(Cl)cc2Cl)cc1C. The molecule has 0 amide bonds. The fourth-order valence-corrected chi connectivity index (χ4v) is 2.55. The van der Waals surface area contributed by atoms with Crippen molar-refractivity contribution in [3.63, 3.8) is 0 Å². The molecule has 1 atom stereocenters. The summed E-state index contributed by atoms with van der Waals surface area (Å²) in [5.74, 6) is -0.914. The van der Waals surface area contributed by atoms with E-state index in [1.165, 1.54) is 12.1 Å². The summed E-state index contributed by atoms with van der Waals surface area (Å²) in [6.45, 7) is 5.44. The van der Waals surface area contributed by atoms with Crippen molar-refractivity contribution >= 4 is 35.0 Å². The topological polar surface area (TPSA) is 43.4 Å². The van der Waals surface area contributed by atoms with E-state index in [0.29, 0.717) is 10.6 Å². The molecule has 2 aromatic carbocycles. The highest BCUT2D eigenvalue weighted by molar-refractivity contribution is 6.36. The molecule has 2 aromatic rings. The van der Waals surface area contributed by atoms with Gasteiger partial charge in [0.05, 0.1) is 10.6 Å². The average Bonchev–Trinajstić information content (AvgIpc) is 2.49. The molecule has 0 saturated carbocycles. The maximum absolute atomic E-state index is 12.4. The Bertz CT molecular complexity index is 769. The number of hydrogen-bond donors (Lipinski definition) is 0. The van der Waals surface area contributed by atoms with E-state index < -0.39 is 12.1 Å². The van der Waals surface area contributed by atoms with Crippen molar-refractivity contribution in [1.29, 1.82) is 0 Å². The number of halogens is 2. The van der Waals surface area contributed by atoms with Crippen LogP contribution in [0.25, 0.3) is 0 Å². The van der Waals surface area contributed by atoms with E-state index in [9.17, 15) is 9.59 Å². The monoisotopic (exact) mass is 350 g/mol. The van der Waals surface area contributed by atoms with E-state index in [-0.39, 0.29) is 16.4 Å². The van der Waals surface area contributed by atoms with Crippen molar-refractivity contribution < 1.29 is 14.3 Å². The lowest BCUT2D eigenvalue weighted by Crippen LogP contribution is -2.24. The number of hydrogen-bond acceptors (Lipinski definition) is 3. The van der Waals surface area contributed by atoms with Gasteiger partial charge in [-0.15, -0.1) is 0 Å². The van der Waals surface area contributed by atoms with Gasteiger partial charge in [-0.1, -0.05) is 35.3 Å². The summed E-state index contributed by atoms with van der Waals surface area (Å²) in [6, 6.07) is 9.85. The molecule has 2 rings (SSSR count). The Morgan fingerprint density at radius 2 is 1.70 bits per heavy atom. The second kappa shape index (κ2) is 7.16. The van der Waals surface area contributed by atoms with Gasteiger partial charge in [-0.2, -0.15) is 0 Å². The molecule has 0 unspecified atom stereocenters. The zero-order valence-electron chi connectivity index (χ0n) is 13.0. The van der Waals surface area contributed by atoms with Crippen LogP contribution < -0.4 is 0 Å². The molecular weight excluding hydrogens is 335 g/mol. The van der Waals surface area contributed by atoms with Crippen molar-refractivity contribution in [2.75, 3.05) is 0 Å². The number of benzene rings is 2. The van der Waals surface area contributed by atoms with E-state index >= 15 is 0 Å². The molecule has 3 nitrogen and oxygen atoms in total. The second-order valence-corrected chi connectivity index (χ2v) is 6.18. The number of ketones is 1. The lowest BCUT2D eigenvalue weighted by Gasteiger charge is -2.14. The van der Waals surface area contributed by atoms with Crippen molar-refractivity contribution in [2.24, 2.45) is 0 Å². The minimum atomic E-state index is -0.906. The molecule has 0 fully saturated rings. The summed E-state index contributed by atoms with van der Waals surface area (Å²) >= 11 is 11.8. The molecule has 0 N–H and O–H groups in total. The van der Waals surface area contributed by atoms with Crippen LogP contribution >= 0.6 is 23.2 Å². The summed E-state index contributed by atoms with van der Waals surface area (Å²) in [5, 5.41) is 0.610. The van der Waals surface area contributed by atoms with Crippen LogP contribution in [-0.4, -0.2) is 17.9 Å². The molecule has 0 saturated heterocycles. The molecule has 0 aliphatic carbocycles. The highest BCUT2D eigenvalue weighted by Crippen LogP contribution is 2.22. The minimum absolute atomic E-state index is 0.177. The number of ether oxygens (including phenoxy) is 1. The Labute approximate surface area is 145 Å². The maximum atomic E-state index is 12.4. The fourth-order valence-electron chi connectivity index (χ4n) is 2.06. The van der Waals surface area contributed by atoms with Gasteiger partial charge >= 0.3 is 5.97 Å². The van der Waals surface area contributed by atoms with E-state index in [1.807, 2.05) is 19.9 Å². The third-order valence-electron chi connectivity index (χ3n) is 3.60. The Kier molecular flexibility index (Phi) is 5.45. The molecule has 0 radical (unpaired) electrons. The first-order chi connectivity index (χ1) is 10.8. The van der Waals surface area contributed by atoms with Crippen molar-refractivity contribution in [3.8, 4) is 0 Å². The first kappa shape index (κ1) is 17.5. The predicted octanol–water partition coefficient (Wildman–Crippen LogP) is 5.04. The Balaban J connectivity index is 2.14. The quantitative estimate of drug-likeness (QED) is 0.573. The normalized spacial score (nSPS) is 11.9. The smallest absolute Gasteiger partial charge is 0.340 e. The molecule has 5 heteroatoms. The standard InChI is InChI=1S/C18H16Cl2O3/c1-10-4-5-13(8-11(10)2)17(21)12(3)23-18(22)15-7-6-14(19)9-16(15)20/h4-9,12H,1-3H3/t12-/m0/s1. The van der Waals surface area contributed by atoms with Gasteiger partial charge in [-0.25, -0.2) is 4.79 Å². The number of carbonyl (C=O) groups is 2. The van der Waals surface area contributed by atoms with Crippen molar-refractivity contribution in [2.45, 2.75) is 26.9 Å².